The van der Waals surface area contributed by atoms with Crippen molar-refractivity contribution in [1.82, 2.24) is 4.98 Å². The normalized spacial score (nSPS) is 11.5. The summed E-state index contributed by atoms with van der Waals surface area (Å²) < 4.78 is 0. The van der Waals surface area contributed by atoms with Crippen LogP contribution >= 0.6 is 0 Å². The molecule has 0 spiro atoms. The van der Waals surface area contributed by atoms with Crippen LogP contribution in [0.2, 0.25) is 0 Å². The maximum absolute atomic E-state index is 12.5. The van der Waals surface area contributed by atoms with Crippen molar-refractivity contribution in [2.45, 2.75) is 13.8 Å². The van der Waals surface area contributed by atoms with Crippen LogP contribution < -0.4 is 11.1 Å². The molecule has 0 radical (unpaired) electrons. The van der Waals surface area contributed by atoms with Gasteiger partial charge < -0.3 is 21.1 Å². The number of ketones is 1. The van der Waals surface area contributed by atoms with Crippen molar-refractivity contribution in [3.05, 3.63) is 83.4 Å². The molecule has 0 aliphatic carbocycles. The van der Waals surface area contributed by atoms with Gasteiger partial charge in [0.2, 0.25) is 0 Å². The van der Waals surface area contributed by atoms with Gasteiger partial charge >= 0.3 is 0 Å². The van der Waals surface area contributed by atoms with E-state index in [1.54, 1.807) is 73.7 Å². The second-order valence-corrected chi connectivity index (χ2v) is 7.45. The summed E-state index contributed by atoms with van der Waals surface area (Å²) in [4.78, 5) is 31.7. The van der Waals surface area contributed by atoms with Gasteiger partial charge in [0.25, 0.3) is 5.91 Å². The lowest BCUT2D eigenvalue weighted by Gasteiger charge is -2.08. The van der Waals surface area contributed by atoms with E-state index in [4.69, 9.17) is 5.73 Å². The molecule has 0 atom stereocenters. The number of aromatic nitrogens is 1. The number of para-hydroxylation sites is 2. The van der Waals surface area contributed by atoms with E-state index in [2.05, 4.69) is 15.3 Å². The number of H-pyrrole nitrogens is 1. The maximum Gasteiger partial charge on any atom is 0.255 e. The number of benzene rings is 3. The highest BCUT2D eigenvalue weighted by molar-refractivity contribution is 6.14. The fourth-order valence-electron chi connectivity index (χ4n) is 3.51. The number of Topliss-reactive ketones (excluding diaryl/α,β-unsaturated/α-hetero) is 1. The lowest BCUT2D eigenvalue weighted by molar-refractivity contribution is 0.101. The number of nitrogen functional groups attached to an aromatic ring is 1. The molecule has 0 saturated carbocycles. The molecule has 1 aromatic heterocycles. The van der Waals surface area contributed by atoms with Crippen LogP contribution in [0, 0.1) is 0 Å². The van der Waals surface area contributed by atoms with Gasteiger partial charge in [-0.05, 0) is 68.4 Å². The third kappa shape index (κ3) is 4.09. The number of carbonyl (C=O) groups is 2. The third-order valence-corrected chi connectivity index (χ3v) is 5.18. The summed E-state index contributed by atoms with van der Waals surface area (Å²) in [5.74, 6) is -0.348. The predicted molar refractivity (Wildman–Crippen MR) is 127 cm³/mol. The van der Waals surface area contributed by atoms with Crippen LogP contribution in [-0.4, -0.2) is 27.5 Å². The second kappa shape index (κ2) is 8.39. The molecule has 3 aromatic carbocycles. The van der Waals surface area contributed by atoms with Crippen LogP contribution in [0.5, 0.6) is 5.88 Å². The zero-order chi connectivity index (χ0) is 22.8. The number of nitrogens with two attached hydrogens (primary N) is 1. The van der Waals surface area contributed by atoms with Crippen molar-refractivity contribution in [1.29, 1.82) is 0 Å². The zero-order valence-electron chi connectivity index (χ0n) is 17.6. The van der Waals surface area contributed by atoms with E-state index >= 15 is 0 Å². The summed E-state index contributed by atoms with van der Waals surface area (Å²) in [6.07, 6.45) is 0. The van der Waals surface area contributed by atoms with E-state index in [9.17, 15) is 14.7 Å². The molecule has 0 aliphatic heterocycles. The average Bonchev–Trinajstić information content (AvgIpc) is 3.10. The van der Waals surface area contributed by atoms with E-state index in [1.807, 2.05) is 0 Å². The summed E-state index contributed by atoms with van der Waals surface area (Å²) in [5, 5.41) is 13.9. The highest BCUT2D eigenvalue weighted by Gasteiger charge is 2.15. The van der Waals surface area contributed by atoms with Crippen molar-refractivity contribution in [3.63, 3.8) is 0 Å². The maximum atomic E-state index is 12.5. The van der Waals surface area contributed by atoms with Gasteiger partial charge in [-0.1, -0.05) is 12.1 Å². The molecule has 32 heavy (non-hydrogen) atoms. The van der Waals surface area contributed by atoms with Gasteiger partial charge in [0.05, 0.1) is 28.3 Å². The van der Waals surface area contributed by atoms with Gasteiger partial charge in [-0.15, -0.1) is 0 Å². The minimum Gasteiger partial charge on any atom is -0.494 e. The Hall–Kier alpha value is -4.39. The summed E-state index contributed by atoms with van der Waals surface area (Å²) in [6, 6.07) is 19.0. The highest BCUT2D eigenvalue weighted by atomic mass is 16.3. The number of nitrogens with zero attached hydrogens (tertiary/aromatic N) is 1. The molecule has 0 aliphatic rings. The summed E-state index contributed by atoms with van der Waals surface area (Å²) in [6.45, 7) is 3.28. The Bertz CT molecular complexity index is 1370. The number of fused-ring (bicyclic) bond motifs is 1. The van der Waals surface area contributed by atoms with Crippen LogP contribution in [0.4, 0.5) is 17.1 Å². The Morgan fingerprint density at radius 3 is 2.34 bits per heavy atom. The number of nitrogens with one attached hydrogen (secondary N) is 2. The minimum absolute atomic E-state index is 0.0154. The van der Waals surface area contributed by atoms with E-state index in [1.165, 1.54) is 6.92 Å². The lowest BCUT2D eigenvalue weighted by Crippen LogP contribution is -2.12. The van der Waals surface area contributed by atoms with E-state index in [-0.39, 0.29) is 17.6 Å². The van der Waals surface area contributed by atoms with Gasteiger partial charge in [0, 0.05) is 22.0 Å². The highest BCUT2D eigenvalue weighted by Crippen LogP contribution is 2.30. The van der Waals surface area contributed by atoms with Gasteiger partial charge in [-0.3, -0.25) is 14.6 Å². The number of hydrogen-bond acceptors (Lipinski definition) is 5. The topological polar surface area (TPSA) is 121 Å². The molecule has 1 heterocycles. The number of hydrogen-bond donors (Lipinski definition) is 4. The summed E-state index contributed by atoms with van der Waals surface area (Å²) >= 11 is 0. The number of rotatable bonds is 5. The number of amides is 1. The Labute approximate surface area is 184 Å². The molecular weight excluding hydrogens is 404 g/mol. The number of carbonyl (C=O) groups excluding carboxylic acids is 2. The van der Waals surface area contributed by atoms with Gasteiger partial charge in [-0.2, -0.15) is 0 Å². The fraction of sp³-hybridized carbons (Fsp3) is 0.0800. The minimum atomic E-state index is -0.277. The first kappa shape index (κ1) is 20.9. The Kier molecular flexibility index (Phi) is 5.47. The predicted octanol–water partition coefficient (Wildman–Crippen LogP) is 5.05. The van der Waals surface area contributed by atoms with Crippen LogP contribution in [0.3, 0.4) is 0 Å². The molecule has 5 N–H and O–H groups in total. The van der Waals surface area contributed by atoms with Gasteiger partial charge in [-0.25, -0.2) is 0 Å². The quantitative estimate of drug-likeness (QED) is 0.203. The SMILES string of the molecule is CC(=O)c1ccc2[nH]c(O)c(C(C)=Nc3ccc(C(=O)Nc4ccccc4N)cc3)c2c1. The van der Waals surface area contributed by atoms with Crippen LogP contribution in [0.1, 0.15) is 40.1 Å². The average molecular weight is 426 g/mol. The van der Waals surface area contributed by atoms with Crippen LogP contribution in [0.15, 0.2) is 71.7 Å². The van der Waals surface area contributed by atoms with Crippen LogP contribution in [-0.2, 0) is 0 Å². The second-order valence-electron chi connectivity index (χ2n) is 7.45. The molecule has 0 bridgehead atoms. The third-order valence-electron chi connectivity index (χ3n) is 5.18. The number of aromatic hydroxyl groups is 1. The summed E-state index contributed by atoms with van der Waals surface area (Å²) in [5.41, 5.74) is 10.4. The molecule has 0 unspecified atom stereocenters. The molecular formula is C25H22N4O3. The Morgan fingerprint density at radius 2 is 1.66 bits per heavy atom. The first-order chi connectivity index (χ1) is 15.3. The molecule has 4 aromatic rings. The molecule has 160 valence electrons. The number of aromatic amines is 1. The Morgan fingerprint density at radius 1 is 0.969 bits per heavy atom. The lowest BCUT2D eigenvalue weighted by atomic mass is 10.0. The first-order valence-electron chi connectivity index (χ1n) is 10.0. The number of aliphatic imine (C=N–C) groups is 1. The smallest absolute Gasteiger partial charge is 0.255 e. The standard InChI is InChI=1S/C25H22N4O3/c1-14(23-19-13-17(15(2)30)9-12-21(19)28-25(23)32)27-18-10-7-16(8-11-18)24(31)29-22-6-4-3-5-20(22)26/h3-13,28,32H,26H2,1-2H3,(H,29,31). The molecule has 7 heteroatoms. The number of anilines is 2. The van der Waals surface area contributed by atoms with Crippen molar-refractivity contribution in [2.75, 3.05) is 11.1 Å². The van der Waals surface area contributed by atoms with Gasteiger partial charge in [0.1, 0.15) is 0 Å². The largest absolute Gasteiger partial charge is 0.494 e. The monoisotopic (exact) mass is 426 g/mol. The van der Waals surface area contributed by atoms with E-state index < -0.39 is 0 Å². The zero-order valence-corrected chi connectivity index (χ0v) is 17.6. The molecule has 1 amide bonds. The van der Waals surface area contributed by atoms with Crippen molar-refractivity contribution >= 4 is 45.4 Å². The first-order valence-corrected chi connectivity index (χ1v) is 10.0. The van der Waals surface area contributed by atoms with Crippen molar-refractivity contribution < 1.29 is 14.7 Å². The van der Waals surface area contributed by atoms with Crippen molar-refractivity contribution in [3.8, 4) is 5.88 Å². The van der Waals surface area contributed by atoms with Gasteiger partial charge in [0.15, 0.2) is 11.7 Å². The molecule has 0 saturated heterocycles. The van der Waals surface area contributed by atoms with Crippen LogP contribution in [0.25, 0.3) is 10.9 Å². The molecule has 0 fully saturated rings. The molecule has 7 nitrogen and oxygen atoms in total. The van der Waals surface area contributed by atoms with E-state index in [0.717, 1.165) is 0 Å². The molecule has 4 rings (SSSR count). The van der Waals surface area contributed by atoms with Crippen molar-refractivity contribution in [2.24, 2.45) is 4.99 Å². The Balaban J connectivity index is 1.60. The summed E-state index contributed by atoms with van der Waals surface area (Å²) in [7, 11) is 0. The van der Waals surface area contributed by atoms with E-state index in [0.29, 0.717) is 50.4 Å². The fourth-order valence-corrected chi connectivity index (χ4v) is 3.51.